The summed E-state index contributed by atoms with van der Waals surface area (Å²) in [6.07, 6.45) is 6.25. The van der Waals surface area contributed by atoms with Crippen LogP contribution >= 0.6 is 0 Å². The predicted octanol–water partition coefficient (Wildman–Crippen LogP) is 2.94. The summed E-state index contributed by atoms with van der Waals surface area (Å²) in [6, 6.07) is 0.0191. The van der Waals surface area contributed by atoms with Crippen LogP contribution in [-0.4, -0.2) is 31.2 Å². The molecule has 2 aromatic rings. The Balaban J connectivity index is 2.04. The van der Waals surface area contributed by atoms with Gasteiger partial charge < -0.3 is 9.30 Å². The zero-order chi connectivity index (χ0) is 16.3. The summed E-state index contributed by atoms with van der Waals surface area (Å²) in [4.78, 5) is 24.4. The number of carbonyl (C=O) groups is 1. The molecule has 7 heteroatoms. The van der Waals surface area contributed by atoms with Crippen LogP contribution < -0.4 is 5.32 Å². The minimum absolute atomic E-state index is 0.0191. The zero-order valence-electron chi connectivity index (χ0n) is 13.5. The van der Waals surface area contributed by atoms with E-state index >= 15 is 0 Å². The molecule has 1 atom stereocenters. The van der Waals surface area contributed by atoms with Gasteiger partial charge in [-0.2, -0.15) is 0 Å². The van der Waals surface area contributed by atoms with E-state index in [1.54, 1.807) is 33.2 Å². The monoisotopic (exact) mass is 303 g/mol. The molecule has 2 heterocycles. The van der Waals surface area contributed by atoms with Crippen LogP contribution in [0.1, 0.15) is 45.3 Å². The Kier molecular flexibility index (Phi) is 4.44. The predicted molar refractivity (Wildman–Crippen MR) is 82.7 cm³/mol. The van der Waals surface area contributed by atoms with Crippen molar-refractivity contribution in [1.82, 2.24) is 19.5 Å². The lowest BCUT2D eigenvalue weighted by molar-refractivity contribution is 0.0635. The zero-order valence-corrected chi connectivity index (χ0v) is 13.5. The molecule has 0 saturated carbocycles. The molecule has 0 spiro atoms. The number of imidazole rings is 1. The maximum atomic E-state index is 11.7. The lowest BCUT2D eigenvalue weighted by Crippen LogP contribution is -2.27. The molecular formula is C15H21N5O2. The molecule has 0 unspecified atom stereocenters. The van der Waals surface area contributed by atoms with Crippen LogP contribution in [0.15, 0.2) is 24.8 Å². The Bertz CT molecular complexity index is 643. The Labute approximate surface area is 129 Å². The molecule has 7 nitrogen and oxygen atoms in total. The van der Waals surface area contributed by atoms with Gasteiger partial charge in [0.1, 0.15) is 11.4 Å². The molecule has 0 bridgehead atoms. The van der Waals surface area contributed by atoms with Gasteiger partial charge in [0.05, 0.1) is 24.1 Å². The van der Waals surface area contributed by atoms with Gasteiger partial charge in [-0.1, -0.05) is 0 Å². The first-order valence-corrected chi connectivity index (χ1v) is 7.07. The maximum absolute atomic E-state index is 11.7. The molecule has 0 aliphatic rings. The van der Waals surface area contributed by atoms with Crippen molar-refractivity contribution in [3.05, 3.63) is 36.3 Å². The number of ether oxygens (including phenoxy) is 1. The van der Waals surface area contributed by atoms with Crippen molar-refractivity contribution in [2.45, 2.75) is 46.3 Å². The van der Waals surface area contributed by atoms with Gasteiger partial charge >= 0.3 is 6.09 Å². The fourth-order valence-electron chi connectivity index (χ4n) is 1.97. The number of anilines is 1. The van der Waals surface area contributed by atoms with E-state index in [-0.39, 0.29) is 6.04 Å². The number of hydrogen-bond acceptors (Lipinski definition) is 5. The first kappa shape index (κ1) is 15.9. The Morgan fingerprint density at radius 3 is 2.50 bits per heavy atom. The molecule has 2 aromatic heterocycles. The molecule has 0 saturated heterocycles. The lowest BCUT2D eigenvalue weighted by Gasteiger charge is -2.19. The standard InChI is InChI=1S/C15H21N5O2/c1-10(20-7-6-16-11(20)2)12-8-18-13(9-17-12)19-14(21)22-15(3,4)5/h6-10H,1-5H3,(H,18,19,21)/t10-/m0/s1. The normalized spacial score (nSPS) is 12.8. The van der Waals surface area contributed by atoms with E-state index in [0.29, 0.717) is 5.82 Å². The van der Waals surface area contributed by atoms with Crippen LogP contribution in [0.2, 0.25) is 0 Å². The summed E-state index contributed by atoms with van der Waals surface area (Å²) < 4.78 is 7.17. The molecule has 0 aliphatic carbocycles. The Morgan fingerprint density at radius 2 is 2.00 bits per heavy atom. The highest BCUT2D eigenvalue weighted by Crippen LogP contribution is 2.17. The van der Waals surface area contributed by atoms with Crippen molar-refractivity contribution in [2.75, 3.05) is 5.32 Å². The minimum Gasteiger partial charge on any atom is -0.444 e. The van der Waals surface area contributed by atoms with Gasteiger partial charge in [-0.15, -0.1) is 0 Å². The van der Waals surface area contributed by atoms with Crippen LogP contribution in [0.25, 0.3) is 0 Å². The number of rotatable bonds is 3. The van der Waals surface area contributed by atoms with Crippen LogP contribution in [0.3, 0.4) is 0 Å². The number of nitrogens with one attached hydrogen (secondary N) is 1. The minimum atomic E-state index is -0.551. The van der Waals surface area contributed by atoms with Crippen molar-refractivity contribution < 1.29 is 9.53 Å². The molecule has 22 heavy (non-hydrogen) atoms. The highest BCUT2D eigenvalue weighted by Gasteiger charge is 2.17. The Hall–Kier alpha value is -2.44. The molecule has 0 aromatic carbocycles. The molecular weight excluding hydrogens is 282 g/mol. The molecule has 2 rings (SSSR count). The third kappa shape index (κ3) is 4.03. The van der Waals surface area contributed by atoms with Crippen LogP contribution in [0.4, 0.5) is 10.6 Å². The van der Waals surface area contributed by atoms with E-state index in [9.17, 15) is 4.79 Å². The SMILES string of the molecule is Cc1nccn1[C@@H](C)c1cnc(NC(=O)OC(C)(C)C)cn1. The summed E-state index contributed by atoms with van der Waals surface area (Å²) in [5, 5.41) is 2.56. The number of hydrogen-bond donors (Lipinski definition) is 1. The number of aryl methyl sites for hydroxylation is 1. The van der Waals surface area contributed by atoms with Crippen molar-refractivity contribution in [3.63, 3.8) is 0 Å². The second-order valence-electron chi connectivity index (χ2n) is 6.01. The van der Waals surface area contributed by atoms with Gasteiger partial charge in [0.25, 0.3) is 0 Å². The van der Waals surface area contributed by atoms with Crippen LogP contribution in [0.5, 0.6) is 0 Å². The number of nitrogens with zero attached hydrogens (tertiary/aromatic N) is 4. The highest BCUT2D eigenvalue weighted by molar-refractivity contribution is 5.83. The van der Waals surface area contributed by atoms with Crippen LogP contribution in [-0.2, 0) is 4.74 Å². The van der Waals surface area contributed by atoms with Gasteiger partial charge in [-0.3, -0.25) is 10.3 Å². The van der Waals surface area contributed by atoms with Gasteiger partial charge in [-0.25, -0.2) is 14.8 Å². The average molecular weight is 303 g/mol. The average Bonchev–Trinajstić information content (AvgIpc) is 2.83. The van der Waals surface area contributed by atoms with Gasteiger partial charge in [0.2, 0.25) is 0 Å². The third-order valence-corrected chi connectivity index (χ3v) is 3.01. The van der Waals surface area contributed by atoms with E-state index in [2.05, 4.69) is 20.3 Å². The summed E-state index contributed by atoms with van der Waals surface area (Å²) in [5.41, 5.74) is 0.237. The summed E-state index contributed by atoms with van der Waals surface area (Å²) >= 11 is 0. The van der Waals surface area contributed by atoms with Crippen LogP contribution in [0, 0.1) is 6.92 Å². The molecule has 1 amide bonds. The smallest absolute Gasteiger partial charge is 0.413 e. The number of aromatic nitrogens is 4. The second kappa shape index (κ2) is 6.13. The Morgan fingerprint density at radius 1 is 1.27 bits per heavy atom. The van der Waals surface area contributed by atoms with Gasteiger partial charge in [0.15, 0.2) is 5.82 Å². The summed E-state index contributed by atoms with van der Waals surface area (Å²) in [6.45, 7) is 9.35. The highest BCUT2D eigenvalue weighted by atomic mass is 16.6. The summed E-state index contributed by atoms with van der Waals surface area (Å²) in [5.74, 6) is 1.26. The quantitative estimate of drug-likeness (QED) is 0.942. The van der Waals surface area contributed by atoms with Crippen molar-refractivity contribution >= 4 is 11.9 Å². The fourth-order valence-corrected chi connectivity index (χ4v) is 1.97. The van der Waals surface area contributed by atoms with E-state index < -0.39 is 11.7 Å². The largest absolute Gasteiger partial charge is 0.444 e. The van der Waals surface area contributed by atoms with Gasteiger partial charge in [-0.05, 0) is 34.6 Å². The first-order valence-electron chi connectivity index (χ1n) is 7.07. The topological polar surface area (TPSA) is 81.9 Å². The molecule has 0 fully saturated rings. The van der Waals surface area contributed by atoms with E-state index in [0.717, 1.165) is 11.5 Å². The maximum Gasteiger partial charge on any atom is 0.413 e. The molecule has 0 aliphatic heterocycles. The fraction of sp³-hybridized carbons (Fsp3) is 0.467. The number of carbonyl (C=O) groups excluding carboxylic acids is 1. The van der Waals surface area contributed by atoms with E-state index in [1.807, 2.05) is 24.6 Å². The van der Waals surface area contributed by atoms with Gasteiger partial charge in [0, 0.05) is 12.4 Å². The van der Waals surface area contributed by atoms with E-state index in [1.165, 1.54) is 6.20 Å². The number of amides is 1. The van der Waals surface area contributed by atoms with Crippen molar-refractivity contribution in [2.24, 2.45) is 0 Å². The first-order chi connectivity index (χ1) is 10.3. The molecule has 0 radical (unpaired) electrons. The third-order valence-electron chi connectivity index (χ3n) is 3.01. The lowest BCUT2D eigenvalue weighted by atomic mass is 10.2. The van der Waals surface area contributed by atoms with E-state index in [4.69, 9.17) is 4.74 Å². The molecule has 118 valence electrons. The summed E-state index contributed by atoms with van der Waals surface area (Å²) in [7, 11) is 0. The second-order valence-corrected chi connectivity index (χ2v) is 6.01. The van der Waals surface area contributed by atoms with Crippen molar-refractivity contribution in [1.29, 1.82) is 0 Å². The van der Waals surface area contributed by atoms with Crippen molar-refractivity contribution in [3.8, 4) is 0 Å². The molecule has 1 N–H and O–H groups in total.